The molecule has 226 valence electrons. The molecule has 0 radical (unpaired) electrons. The van der Waals surface area contributed by atoms with Crippen LogP contribution in [0.15, 0.2) is 12.2 Å². The standard InChI is InChI=1S/C27H40N6O7S/c1-25(2,3)40-24(37)29-19-11-8-6-4-5-7-10-18-16-27(18,30-21(34)20-12-9-15-33(20)22(19)35)23(36)31-41(38,39)32-26(17-28)13-14-26/h7,10,18-20,32H,4-6,8-9,11-16H2,1-3H3,(H,29,37)(H,30,34)(H,31,36)/b10-7-. The molecule has 2 heterocycles. The number of alkyl carbamates (subject to hydrolysis) is 1. The number of fused-ring (bicyclic) bond motifs is 2. The summed E-state index contributed by atoms with van der Waals surface area (Å²) in [5.74, 6) is -2.28. The van der Waals surface area contributed by atoms with Crippen LogP contribution in [0, 0.1) is 17.2 Å². The fraction of sp³-hybridized carbons (Fsp3) is 0.741. The van der Waals surface area contributed by atoms with Gasteiger partial charge in [0.2, 0.25) is 11.8 Å². The van der Waals surface area contributed by atoms with E-state index < -0.39 is 68.7 Å². The number of carbonyl (C=O) groups excluding carboxylic acids is 4. The highest BCUT2D eigenvalue weighted by Gasteiger charge is 2.61. The van der Waals surface area contributed by atoms with E-state index in [-0.39, 0.29) is 6.42 Å². The lowest BCUT2D eigenvalue weighted by atomic mass is 10.0. The largest absolute Gasteiger partial charge is 0.444 e. The molecule has 4 rings (SSSR count). The summed E-state index contributed by atoms with van der Waals surface area (Å²) >= 11 is 0. The molecule has 4 atom stereocenters. The fourth-order valence-corrected chi connectivity index (χ4v) is 6.64. The van der Waals surface area contributed by atoms with Crippen LogP contribution in [0.25, 0.3) is 0 Å². The van der Waals surface area contributed by atoms with E-state index in [1.807, 2.05) is 22.9 Å². The lowest BCUT2D eigenvalue weighted by molar-refractivity contribution is -0.141. The van der Waals surface area contributed by atoms with Crippen molar-refractivity contribution in [2.45, 2.75) is 114 Å². The first-order chi connectivity index (χ1) is 19.2. The van der Waals surface area contributed by atoms with Crippen molar-refractivity contribution in [3.63, 3.8) is 0 Å². The molecule has 2 aliphatic carbocycles. The summed E-state index contributed by atoms with van der Waals surface area (Å²) in [7, 11) is -4.35. The van der Waals surface area contributed by atoms with Crippen LogP contribution >= 0.6 is 0 Å². The number of amides is 4. The molecule has 3 fully saturated rings. The van der Waals surface area contributed by atoms with Gasteiger partial charge in [-0.15, -0.1) is 0 Å². The number of carbonyl (C=O) groups is 4. The summed E-state index contributed by atoms with van der Waals surface area (Å²) < 4.78 is 34.9. The van der Waals surface area contributed by atoms with Gasteiger partial charge in [-0.25, -0.2) is 9.52 Å². The number of nitrogens with zero attached hydrogens (tertiary/aromatic N) is 2. The molecular formula is C27H40N6O7S. The van der Waals surface area contributed by atoms with E-state index in [1.54, 1.807) is 20.8 Å². The predicted octanol–water partition coefficient (Wildman–Crippen LogP) is 1.27. The van der Waals surface area contributed by atoms with Gasteiger partial charge in [-0.2, -0.15) is 18.4 Å². The molecule has 14 heteroatoms. The molecule has 41 heavy (non-hydrogen) atoms. The minimum atomic E-state index is -4.35. The van der Waals surface area contributed by atoms with E-state index >= 15 is 0 Å². The van der Waals surface area contributed by atoms with E-state index in [1.165, 1.54) is 4.90 Å². The van der Waals surface area contributed by atoms with E-state index in [0.29, 0.717) is 51.5 Å². The third-order valence-corrected chi connectivity index (χ3v) is 8.96. The molecule has 0 aromatic carbocycles. The molecule has 0 spiro atoms. The maximum Gasteiger partial charge on any atom is 0.408 e. The molecule has 4 aliphatic rings. The van der Waals surface area contributed by atoms with E-state index in [4.69, 9.17) is 4.74 Å². The van der Waals surface area contributed by atoms with E-state index in [0.717, 1.165) is 12.8 Å². The molecule has 2 saturated carbocycles. The van der Waals surface area contributed by atoms with E-state index in [2.05, 4.69) is 15.4 Å². The van der Waals surface area contributed by atoms with E-state index in [9.17, 15) is 32.9 Å². The van der Waals surface area contributed by atoms with Gasteiger partial charge < -0.3 is 20.3 Å². The first-order valence-electron chi connectivity index (χ1n) is 14.3. The van der Waals surface area contributed by atoms with Gasteiger partial charge in [-0.1, -0.05) is 25.0 Å². The van der Waals surface area contributed by atoms with Gasteiger partial charge in [0.1, 0.15) is 28.8 Å². The number of allylic oxidation sites excluding steroid dienone is 1. The van der Waals surface area contributed by atoms with Crippen molar-refractivity contribution in [3.05, 3.63) is 12.2 Å². The molecule has 4 N–H and O–H groups in total. The Balaban J connectivity index is 1.53. The Bertz CT molecular complexity index is 1250. The summed E-state index contributed by atoms with van der Waals surface area (Å²) in [5, 5.41) is 14.7. The third kappa shape index (κ3) is 7.56. The second kappa shape index (κ2) is 11.6. The number of ether oxygens (including phenoxy) is 1. The van der Waals surface area contributed by atoms with Gasteiger partial charge in [-0.3, -0.25) is 14.4 Å². The minimum Gasteiger partial charge on any atom is -0.444 e. The zero-order valence-corrected chi connectivity index (χ0v) is 24.6. The van der Waals surface area contributed by atoms with Crippen molar-refractivity contribution < 1.29 is 32.3 Å². The predicted molar refractivity (Wildman–Crippen MR) is 147 cm³/mol. The Hall–Kier alpha value is -3.18. The Morgan fingerprint density at radius 2 is 1.88 bits per heavy atom. The molecule has 13 nitrogen and oxygen atoms in total. The van der Waals surface area contributed by atoms with Crippen LogP contribution in [0.3, 0.4) is 0 Å². The van der Waals surface area contributed by atoms with Crippen molar-refractivity contribution in [1.29, 1.82) is 5.26 Å². The normalized spacial score (nSPS) is 30.7. The van der Waals surface area contributed by atoms with Gasteiger partial charge in [-0.05, 0) is 72.1 Å². The van der Waals surface area contributed by atoms with Crippen LogP contribution in [0.4, 0.5) is 4.79 Å². The van der Waals surface area contributed by atoms with Gasteiger partial charge in [0.05, 0.1) is 6.07 Å². The molecule has 0 aromatic rings. The zero-order valence-electron chi connectivity index (χ0n) is 23.8. The fourth-order valence-electron chi connectivity index (χ4n) is 5.40. The summed E-state index contributed by atoms with van der Waals surface area (Å²) in [6, 6.07) is 0.153. The number of rotatable bonds is 5. The van der Waals surface area contributed by atoms with Gasteiger partial charge in [0, 0.05) is 12.5 Å². The summed E-state index contributed by atoms with van der Waals surface area (Å²) in [6.45, 7) is 5.49. The lowest BCUT2D eigenvalue weighted by Crippen LogP contribution is -2.59. The molecule has 0 aromatic heterocycles. The summed E-state index contributed by atoms with van der Waals surface area (Å²) in [4.78, 5) is 54.5. The maximum atomic E-state index is 13.6. The van der Waals surface area contributed by atoms with Crippen LogP contribution in [-0.2, 0) is 29.3 Å². The van der Waals surface area contributed by atoms with Crippen molar-refractivity contribution in [2.75, 3.05) is 6.54 Å². The number of hydrogen-bond acceptors (Lipinski definition) is 8. The van der Waals surface area contributed by atoms with Crippen LogP contribution < -0.4 is 20.1 Å². The van der Waals surface area contributed by atoms with Gasteiger partial charge in [0.25, 0.3) is 5.91 Å². The van der Waals surface area contributed by atoms with Crippen LogP contribution in [0.1, 0.15) is 85.0 Å². The second-order valence-corrected chi connectivity index (χ2v) is 13.9. The quantitative estimate of drug-likeness (QED) is 0.344. The SMILES string of the molecule is CC(C)(C)OC(=O)NC1CCCCC/C=C\C2CC2(C(=O)NS(=O)(=O)NC2(C#N)CC2)NC(=O)C2CCCN2C1=O. The molecule has 4 amide bonds. The monoisotopic (exact) mass is 592 g/mol. The van der Waals surface area contributed by atoms with Crippen LogP contribution in [0.5, 0.6) is 0 Å². The Morgan fingerprint density at radius 3 is 2.54 bits per heavy atom. The third-order valence-electron chi connectivity index (χ3n) is 7.85. The van der Waals surface area contributed by atoms with Crippen molar-refractivity contribution in [2.24, 2.45) is 5.92 Å². The maximum absolute atomic E-state index is 13.6. The Kier molecular flexibility index (Phi) is 8.71. The highest BCUT2D eigenvalue weighted by Crippen LogP contribution is 2.46. The average molecular weight is 593 g/mol. The number of nitriles is 1. The molecule has 0 bridgehead atoms. The van der Waals surface area contributed by atoms with Crippen molar-refractivity contribution in [3.8, 4) is 6.07 Å². The summed E-state index contributed by atoms with van der Waals surface area (Å²) in [5.41, 5.74) is -3.47. The second-order valence-electron chi connectivity index (χ2n) is 12.5. The number of hydrogen-bond donors (Lipinski definition) is 4. The average Bonchev–Trinajstić information content (AvgIpc) is 3.72. The van der Waals surface area contributed by atoms with Crippen molar-refractivity contribution >= 4 is 34.0 Å². The minimum absolute atomic E-state index is 0.198. The molecular weight excluding hydrogens is 552 g/mol. The van der Waals surface area contributed by atoms with Gasteiger partial charge in [0.15, 0.2) is 0 Å². The Morgan fingerprint density at radius 1 is 1.15 bits per heavy atom. The molecule has 1 saturated heterocycles. The smallest absolute Gasteiger partial charge is 0.408 e. The topological polar surface area (TPSA) is 187 Å². The highest BCUT2D eigenvalue weighted by atomic mass is 32.2. The first-order valence-corrected chi connectivity index (χ1v) is 15.7. The highest BCUT2D eigenvalue weighted by molar-refractivity contribution is 7.88. The van der Waals surface area contributed by atoms with Crippen LogP contribution in [0.2, 0.25) is 0 Å². The summed E-state index contributed by atoms with van der Waals surface area (Å²) in [6.07, 6.45) is 8.19. The van der Waals surface area contributed by atoms with Crippen LogP contribution in [-0.4, -0.2) is 72.4 Å². The Labute approximate surface area is 241 Å². The lowest BCUT2D eigenvalue weighted by Gasteiger charge is -2.30. The van der Waals surface area contributed by atoms with Crippen molar-refractivity contribution in [1.82, 2.24) is 25.0 Å². The molecule has 4 unspecified atom stereocenters. The van der Waals surface area contributed by atoms with Gasteiger partial charge >= 0.3 is 16.3 Å². The molecule has 2 aliphatic heterocycles. The zero-order chi connectivity index (χ0) is 30.1. The number of nitrogens with one attached hydrogen (secondary N) is 4. The first kappa shape index (κ1) is 30.8.